The average molecular weight is 288 g/mol. The molecule has 3 nitrogen and oxygen atoms in total. The third kappa shape index (κ3) is 2.31. The Morgan fingerprint density at radius 3 is 2.65 bits per heavy atom. The molecule has 2 aromatic rings. The summed E-state index contributed by atoms with van der Waals surface area (Å²) in [6, 6.07) is 9.72. The molecule has 1 aromatic carbocycles. The van der Waals surface area contributed by atoms with Crippen LogP contribution in [0.3, 0.4) is 0 Å². The highest BCUT2D eigenvalue weighted by atomic mass is 32.1. The van der Waals surface area contributed by atoms with Gasteiger partial charge in [-0.25, -0.2) is 0 Å². The molecule has 1 aliphatic carbocycles. The van der Waals surface area contributed by atoms with E-state index in [1.807, 2.05) is 35.7 Å². The molecule has 0 spiro atoms. The van der Waals surface area contributed by atoms with Gasteiger partial charge in [0, 0.05) is 5.92 Å². The molecule has 4 heteroatoms. The van der Waals surface area contributed by atoms with Gasteiger partial charge < -0.3 is 9.47 Å². The Balaban J connectivity index is 1.78. The zero-order valence-corrected chi connectivity index (χ0v) is 12.3. The van der Waals surface area contributed by atoms with Crippen molar-refractivity contribution >= 4 is 17.1 Å². The highest BCUT2D eigenvalue weighted by Crippen LogP contribution is 2.50. The van der Waals surface area contributed by atoms with Crippen LogP contribution in [-0.4, -0.2) is 20.0 Å². The topological polar surface area (TPSA) is 35.5 Å². The van der Waals surface area contributed by atoms with Crippen molar-refractivity contribution in [2.24, 2.45) is 5.92 Å². The lowest BCUT2D eigenvalue weighted by Gasteiger charge is -2.09. The molecule has 0 N–H and O–H groups in total. The van der Waals surface area contributed by atoms with Crippen molar-refractivity contribution in [3.8, 4) is 11.5 Å². The smallest absolute Gasteiger partial charge is 0.176 e. The molecule has 1 aliphatic rings. The van der Waals surface area contributed by atoms with Crippen LogP contribution >= 0.6 is 11.3 Å². The van der Waals surface area contributed by atoms with Crippen LogP contribution in [0.5, 0.6) is 11.5 Å². The van der Waals surface area contributed by atoms with Crippen LogP contribution in [-0.2, 0) is 0 Å². The van der Waals surface area contributed by atoms with Crippen LogP contribution < -0.4 is 9.47 Å². The van der Waals surface area contributed by atoms with Gasteiger partial charge in [0.25, 0.3) is 0 Å². The van der Waals surface area contributed by atoms with Crippen molar-refractivity contribution in [3.05, 3.63) is 46.2 Å². The first-order chi connectivity index (χ1) is 9.74. The molecule has 3 rings (SSSR count). The van der Waals surface area contributed by atoms with E-state index in [1.165, 1.54) is 11.3 Å². The SMILES string of the molecule is COc1ccc(C2CC2C(=O)c2cccs2)cc1OC. The standard InChI is InChI=1S/C16H16O3S/c1-18-13-6-5-10(8-14(13)19-2)11-9-12(11)16(17)15-4-3-7-20-15/h3-8,11-12H,9H2,1-2H3. The monoisotopic (exact) mass is 288 g/mol. The normalized spacial score (nSPS) is 20.5. The molecular formula is C16H16O3S. The van der Waals surface area contributed by atoms with Gasteiger partial charge in [-0.1, -0.05) is 12.1 Å². The minimum atomic E-state index is 0.117. The number of Topliss-reactive ketones (excluding diaryl/α,β-unsaturated/α-hetero) is 1. The number of rotatable bonds is 5. The summed E-state index contributed by atoms with van der Waals surface area (Å²) < 4.78 is 10.5. The fourth-order valence-electron chi connectivity index (χ4n) is 2.54. The molecule has 0 saturated heterocycles. The van der Waals surface area contributed by atoms with E-state index in [9.17, 15) is 4.79 Å². The van der Waals surface area contributed by atoms with Gasteiger partial charge in [-0.3, -0.25) is 4.79 Å². The molecule has 2 atom stereocenters. The summed E-state index contributed by atoms with van der Waals surface area (Å²) in [5, 5.41) is 1.95. The number of ether oxygens (including phenoxy) is 2. The summed E-state index contributed by atoms with van der Waals surface area (Å²) in [6.45, 7) is 0. The van der Waals surface area contributed by atoms with Gasteiger partial charge in [0.2, 0.25) is 0 Å². The third-order valence-electron chi connectivity index (χ3n) is 3.73. The van der Waals surface area contributed by atoms with Crippen LogP contribution in [0.1, 0.15) is 27.6 Å². The molecule has 1 heterocycles. The van der Waals surface area contributed by atoms with Crippen LogP contribution in [0.2, 0.25) is 0 Å². The van der Waals surface area contributed by atoms with Crippen LogP contribution in [0.25, 0.3) is 0 Å². The predicted molar refractivity (Wildman–Crippen MR) is 79.0 cm³/mol. The second-order valence-corrected chi connectivity index (χ2v) is 5.85. The zero-order valence-electron chi connectivity index (χ0n) is 11.5. The van der Waals surface area contributed by atoms with E-state index < -0.39 is 0 Å². The summed E-state index contributed by atoms with van der Waals surface area (Å²) in [5.74, 6) is 2.13. The van der Waals surface area contributed by atoms with Crippen molar-refractivity contribution < 1.29 is 14.3 Å². The van der Waals surface area contributed by atoms with Crippen molar-refractivity contribution in [2.45, 2.75) is 12.3 Å². The van der Waals surface area contributed by atoms with E-state index in [1.54, 1.807) is 14.2 Å². The number of carbonyl (C=O) groups excluding carboxylic acids is 1. The maximum absolute atomic E-state index is 12.3. The highest BCUT2D eigenvalue weighted by Gasteiger charge is 2.44. The maximum atomic E-state index is 12.3. The van der Waals surface area contributed by atoms with Gasteiger partial charge in [-0.15, -0.1) is 11.3 Å². The van der Waals surface area contributed by atoms with Gasteiger partial charge in [-0.05, 0) is 41.5 Å². The summed E-state index contributed by atoms with van der Waals surface area (Å²) in [6.07, 6.45) is 0.923. The van der Waals surface area contributed by atoms with Crippen molar-refractivity contribution in [1.82, 2.24) is 0 Å². The lowest BCUT2D eigenvalue weighted by Crippen LogP contribution is -2.00. The van der Waals surface area contributed by atoms with Gasteiger partial charge >= 0.3 is 0 Å². The first-order valence-corrected chi connectivity index (χ1v) is 7.42. The summed E-state index contributed by atoms with van der Waals surface area (Å²) in [4.78, 5) is 13.1. The number of hydrogen-bond acceptors (Lipinski definition) is 4. The number of benzene rings is 1. The summed E-state index contributed by atoms with van der Waals surface area (Å²) in [5.41, 5.74) is 1.15. The van der Waals surface area contributed by atoms with Crippen molar-refractivity contribution in [1.29, 1.82) is 0 Å². The fraction of sp³-hybridized carbons (Fsp3) is 0.312. The van der Waals surface area contributed by atoms with E-state index in [-0.39, 0.29) is 11.7 Å². The van der Waals surface area contributed by atoms with Crippen LogP contribution in [0.4, 0.5) is 0 Å². The number of methoxy groups -OCH3 is 2. The Bertz CT molecular complexity index is 619. The molecule has 0 aliphatic heterocycles. The zero-order chi connectivity index (χ0) is 14.1. The van der Waals surface area contributed by atoms with Gasteiger partial charge in [-0.2, -0.15) is 0 Å². The molecule has 20 heavy (non-hydrogen) atoms. The van der Waals surface area contributed by atoms with E-state index in [0.717, 1.165) is 28.4 Å². The van der Waals surface area contributed by atoms with E-state index in [0.29, 0.717) is 5.92 Å². The summed E-state index contributed by atoms with van der Waals surface area (Å²) in [7, 11) is 3.25. The van der Waals surface area contributed by atoms with Gasteiger partial charge in [0.15, 0.2) is 17.3 Å². The van der Waals surface area contributed by atoms with E-state index in [2.05, 4.69) is 0 Å². The van der Waals surface area contributed by atoms with Gasteiger partial charge in [0.1, 0.15) is 0 Å². The number of ketones is 1. The van der Waals surface area contributed by atoms with E-state index >= 15 is 0 Å². The Labute approximate surface area is 122 Å². The fourth-order valence-corrected chi connectivity index (χ4v) is 3.27. The Hall–Kier alpha value is -1.81. The first kappa shape index (κ1) is 13.2. The molecule has 104 valence electrons. The second-order valence-electron chi connectivity index (χ2n) is 4.90. The molecule has 0 radical (unpaired) electrons. The maximum Gasteiger partial charge on any atom is 0.176 e. The van der Waals surface area contributed by atoms with E-state index in [4.69, 9.17) is 9.47 Å². The lowest BCUT2D eigenvalue weighted by atomic mass is 10.1. The molecule has 1 aromatic heterocycles. The second kappa shape index (κ2) is 5.29. The van der Waals surface area contributed by atoms with Crippen molar-refractivity contribution in [2.75, 3.05) is 14.2 Å². The van der Waals surface area contributed by atoms with Crippen molar-refractivity contribution in [3.63, 3.8) is 0 Å². The highest BCUT2D eigenvalue weighted by molar-refractivity contribution is 7.12. The number of hydrogen-bond donors (Lipinski definition) is 0. The first-order valence-electron chi connectivity index (χ1n) is 6.54. The average Bonchev–Trinajstić information content (AvgIpc) is 3.10. The third-order valence-corrected chi connectivity index (χ3v) is 4.61. The Kier molecular flexibility index (Phi) is 3.49. The summed E-state index contributed by atoms with van der Waals surface area (Å²) >= 11 is 1.52. The minimum Gasteiger partial charge on any atom is -0.493 e. The van der Waals surface area contributed by atoms with Crippen LogP contribution in [0, 0.1) is 5.92 Å². The lowest BCUT2D eigenvalue weighted by molar-refractivity contribution is 0.0969. The minimum absolute atomic E-state index is 0.117. The molecular weight excluding hydrogens is 272 g/mol. The number of thiophene rings is 1. The molecule has 1 fully saturated rings. The van der Waals surface area contributed by atoms with Gasteiger partial charge in [0.05, 0.1) is 19.1 Å². The molecule has 1 saturated carbocycles. The Morgan fingerprint density at radius 2 is 2.00 bits per heavy atom. The Morgan fingerprint density at radius 1 is 1.20 bits per heavy atom. The molecule has 2 unspecified atom stereocenters. The largest absolute Gasteiger partial charge is 0.493 e. The molecule has 0 amide bonds. The quantitative estimate of drug-likeness (QED) is 0.786. The predicted octanol–water partition coefficient (Wildman–Crippen LogP) is 3.75. The molecule has 0 bridgehead atoms. The van der Waals surface area contributed by atoms with Crippen LogP contribution in [0.15, 0.2) is 35.7 Å². The number of carbonyl (C=O) groups is 1.